The Morgan fingerprint density at radius 3 is 2.44 bits per heavy atom. The van der Waals surface area contributed by atoms with E-state index in [1.807, 2.05) is 43.3 Å². The average molecular weight is 357 g/mol. The molecule has 0 spiro atoms. The Balaban J connectivity index is 1.62. The number of tetrazole rings is 1. The van der Waals surface area contributed by atoms with E-state index in [0.29, 0.717) is 16.5 Å². The summed E-state index contributed by atoms with van der Waals surface area (Å²) in [6, 6.07) is 14.7. The Hall–Kier alpha value is -2.93. The monoisotopic (exact) mass is 356 g/mol. The smallest absolute Gasteiger partial charge is 0.248 e. The Kier molecular flexibility index (Phi) is 4.95. The van der Waals surface area contributed by atoms with Gasteiger partial charge in [0.05, 0.1) is 0 Å². The van der Waals surface area contributed by atoms with E-state index >= 15 is 0 Å². The van der Waals surface area contributed by atoms with Crippen molar-refractivity contribution in [3.05, 3.63) is 53.6 Å². The van der Waals surface area contributed by atoms with Crippen molar-refractivity contribution in [3.8, 4) is 11.4 Å². The van der Waals surface area contributed by atoms with Crippen LogP contribution >= 0.6 is 11.6 Å². The van der Waals surface area contributed by atoms with Crippen LogP contribution in [0.2, 0.25) is 5.02 Å². The minimum Gasteiger partial charge on any atom is -0.378 e. The van der Waals surface area contributed by atoms with Crippen LogP contribution in [0.3, 0.4) is 0 Å². The van der Waals surface area contributed by atoms with E-state index < -0.39 is 0 Å². The van der Waals surface area contributed by atoms with E-state index in [1.54, 1.807) is 24.3 Å². The molecule has 0 aliphatic heterocycles. The highest BCUT2D eigenvalue weighted by atomic mass is 35.5. The fraction of sp³-hybridized carbons (Fsp3) is 0.176. The first-order chi connectivity index (χ1) is 12.0. The molecule has 0 atom stereocenters. The molecule has 0 unspecified atom stereocenters. The Morgan fingerprint density at radius 1 is 1.12 bits per heavy atom. The zero-order valence-electron chi connectivity index (χ0n) is 13.8. The number of carbonyl (C=O) groups excluding carboxylic acids is 1. The molecule has 3 rings (SSSR count). The van der Waals surface area contributed by atoms with Crippen LogP contribution in [0.1, 0.15) is 0 Å². The lowest BCUT2D eigenvalue weighted by atomic mass is 10.2. The molecule has 1 aromatic heterocycles. The zero-order chi connectivity index (χ0) is 17.8. The van der Waals surface area contributed by atoms with Gasteiger partial charge in [0.15, 0.2) is 0 Å². The third-order valence-electron chi connectivity index (χ3n) is 3.51. The molecule has 0 saturated carbocycles. The molecule has 0 radical (unpaired) electrons. The number of nitrogens with zero attached hydrogens (tertiary/aromatic N) is 5. The summed E-state index contributed by atoms with van der Waals surface area (Å²) in [6.45, 7) is -0.0178. The topological polar surface area (TPSA) is 75.9 Å². The van der Waals surface area contributed by atoms with Crippen molar-refractivity contribution in [1.29, 1.82) is 0 Å². The summed E-state index contributed by atoms with van der Waals surface area (Å²) >= 11 is 5.86. The number of hydrogen-bond donors (Lipinski definition) is 1. The predicted octanol–water partition coefficient (Wildman–Crippen LogP) is 2.70. The van der Waals surface area contributed by atoms with Crippen molar-refractivity contribution in [1.82, 2.24) is 20.2 Å². The van der Waals surface area contributed by atoms with Crippen molar-refractivity contribution < 1.29 is 4.79 Å². The third kappa shape index (κ3) is 4.33. The van der Waals surface area contributed by atoms with Gasteiger partial charge in [-0.15, -0.1) is 10.2 Å². The number of aromatic nitrogens is 4. The fourth-order valence-corrected chi connectivity index (χ4v) is 2.32. The Bertz CT molecular complexity index is 858. The maximum atomic E-state index is 12.1. The van der Waals surface area contributed by atoms with E-state index in [0.717, 1.165) is 11.3 Å². The average Bonchev–Trinajstić information content (AvgIpc) is 3.04. The van der Waals surface area contributed by atoms with Crippen molar-refractivity contribution >= 4 is 28.9 Å². The van der Waals surface area contributed by atoms with Gasteiger partial charge in [-0.2, -0.15) is 4.80 Å². The van der Waals surface area contributed by atoms with Crippen molar-refractivity contribution in [2.45, 2.75) is 6.54 Å². The van der Waals surface area contributed by atoms with E-state index in [1.165, 1.54) is 4.80 Å². The lowest BCUT2D eigenvalue weighted by molar-refractivity contribution is -0.117. The number of halogens is 1. The molecule has 2 aromatic carbocycles. The fourth-order valence-electron chi connectivity index (χ4n) is 2.20. The molecule has 0 aliphatic rings. The van der Waals surface area contributed by atoms with Crippen LogP contribution in [0.5, 0.6) is 0 Å². The second-order valence-electron chi connectivity index (χ2n) is 5.64. The van der Waals surface area contributed by atoms with E-state index in [9.17, 15) is 4.79 Å². The summed E-state index contributed by atoms with van der Waals surface area (Å²) in [4.78, 5) is 15.4. The highest BCUT2D eigenvalue weighted by Gasteiger charge is 2.10. The number of carbonyl (C=O) groups is 1. The number of hydrogen-bond acceptors (Lipinski definition) is 5. The molecular weight excluding hydrogens is 340 g/mol. The standard InChI is InChI=1S/C17H17ClN6O/c1-23(2)15-9-7-14(8-10-15)19-16(25)11-24-21-17(20-22-24)12-3-5-13(18)6-4-12/h3-10H,11H2,1-2H3,(H,19,25). The van der Waals surface area contributed by atoms with Gasteiger partial charge in [-0.25, -0.2) is 0 Å². The first-order valence-electron chi connectivity index (χ1n) is 7.62. The number of nitrogens with one attached hydrogen (secondary N) is 1. The van der Waals surface area contributed by atoms with Crippen molar-refractivity contribution in [3.63, 3.8) is 0 Å². The van der Waals surface area contributed by atoms with E-state index in [-0.39, 0.29) is 12.5 Å². The van der Waals surface area contributed by atoms with Gasteiger partial charge in [0.1, 0.15) is 6.54 Å². The van der Waals surface area contributed by atoms with Crippen LogP contribution in [-0.2, 0) is 11.3 Å². The Morgan fingerprint density at radius 2 is 1.80 bits per heavy atom. The molecule has 8 heteroatoms. The summed E-state index contributed by atoms with van der Waals surface area (Å²) in [7, 11) is 3.92. The first kappa shape index (κ1) is 16.9. The SMILES string of the molecule is CN(C)c1ccc(NC(=O)Cn2nnc(-c3ccc(Cl)cc3)n2)cc1. The number of benzene rings is 2. The van der Waals surface area contributed by atoms with Crippen molar-refractivity contribution in [2.75, 3.05) is 24.3 Å². The minimum atomic E-state index is -0.224. The molecule has 3 aromatic rings. The molecule has 0 bridgehead atoms. The van der Waals surface area contributed by atoms with Crippen LogP contribution < -0.4 is 10.2 Å². The van der Waals surface area contributed by atoms with Gasteiger partial charge in [0.2, 0.25) is 11.7 Å². The van der Waals surface area contributed by atoms with Crippen LogP contribution in [-0.4, -0.2) is 40.2 Å². The van der Waals surface area contributed by atoms with Crippen LogP contribution in [0.25, 0.3) is 11.4 Å². The van der Waals surface area contributed by atoms with Gasteiger partial charge in [-0.05, 0) is 53.7 Å². The second kappa shape index (κ2) is 7.31. The first-order valence-corrected chi connectivity index (χ1v) is 8.00. The van der Waals surface area contributed by atoms with Crippen molar-refractivity contribution in [2.24, 2.45) is 0 Å². The van der Waals surface area contributed by atoms with Crippen LogP contribution in [0.15, 0.2) is 48.5 Å². The number of rotatable bonds is 5. The van der Waals surface area contributed by atoms with Gasteiger partial charge in [-0.3, -0.25) is 4.79 Å². The second-order valence-corrected chi connectivity index (χ2v) is 6.08. The van der Waals surface area contributed by atoms with Gasteiger partial charge in [-0.1, -0.05) is 11.6 Å². The molecule has 7 nitrogen and oxygen atoms in total. The van der Waals surface area contributed by atoms with Crippen LogP contribution in [0.4, 0.5) is 11.4 Å². The molecule has 25 heavy (non-hydrogen) atoms. The predicted molar refractivity (Wildman–Crippen MR) is 97.7 cm³/mol. The number of anilines is 2. The maximum Gasteiger partial charge on any atom is 0.248 e. The summed E-state index contributed by atoms with van der Waals surface area (Å²) < 4.78 is 0. The maximum absolute atomic E-state index is 12.1. The molecule has 1 amide bonds. The van der Waals surface area contributed by atoms with Gasteiger partial charge < -0.3 is 10.2 Å². The summed E-state index contributed by atoms with van der Waals surface area (Å²) in [5.41, 5.74) is 2.56. The number of amides is 1. The highest BCUT2D eigenvalue weighted by molar-refractivity contribution is 6.30. The molecule has 1 heterocycles. The molecular formula is C17H17ClN6O. The lowest BCUT2D eigenvalue weighted by Crippen LogP contribution is -2.20. The third-order valence-corrected chi connectivity index (χ3v) is 3.76. The van der Waals surface area contributed by atoms with E-state index in [4.69, 9.17) is 11.6 Å². The molecule has 0 saturated heterocycles. The minimum absolute atomic E-state index is 0.0178. The largest absolute Gasteiger partial charge is 0.378 e. The summed E-state index contributed by atoms with van der Waals surface area (Å²) in [5, 5.41) is 15.5. The highest BCUT2D eigenvalue weighted by Crippen LogP contribution is 2.17. The Labute approximate surface area is 150 Å². The summed E-state index contributed by atoms with van der Waals surface area (Å²) in [5.74, 6) is 0.220. The lowest BCUT2D eigenvalue weighted by Gasteiger charge is -2.12. The molecule has 128 valence electrons. The van der Waals surface area contributed by atoms with Crippen LogP contribution in [0, 0.1) is 0 Å². The molecule has 0 fully saturated rings. The van der Waals surface area contributed by atoms with Gasteiger partial charge in [0.25, 0.3) is 0 Å². The van der Waals surface area contributed by atoms with Gasteiger partial charge >= 0.3 is 0 Å². The molecule has 1 N–H and O–H groups in total. The normalized spacial score (nSPS) is 10.5. The quantitative estimate of drug-likeness (QED) is 0.760. The molecule has 0 aliphatic carbocycles. The van der Waals surface area contributed by atoms with E-state index in [2.05, 4.69) is 20.7 Å². The zero-order valence-corrected chi connectivity index (χ0v) is 14.6. The summed E-state index contributed by atoms with van der Waals surface area (Å²) in [6.07, 6.45) is 0. The van der Waals surface area contributed by atoms with Gasteiger partial charge in [0, 0.05) is 36.1 Å².